The SMILES string of the molecule is Cc1ccc(SCCC(=O)NCC(O)C(N)=O)cc1. The molecule has 1 unspecified atom stereocenters. The summed E-state index contributed by atoms with van der Waals surface area (Å²) in [7, 11) is 0. The molecule has 0 aliphatic heterocycles. The maximum absolute atomic E-state index is 11.4. The van der Waals surface area contributed by atoms with E-state index in [0.29, 0.717) is 12.2 Å². The highest BCUT2D eigenvalue weighted by atomic mass is 32.2. The lowest BCUT2D eigenvalue weighted by molar-refractivity contribution is -0.126. The van der Waals surface area contributed by atoms with Gasteiger partial charge in [-0.05, 0) is 19.1 Å². The zero-order chi connectivity index (χ0) is 14.3. The summed E-state index contributed by atoms with van der Waals surface area (Å²) in [5.41, 5.74) is 6.06. The average Bonchev–Trinajstić information content (AvgIpc) is 2.38. The molecule has 19 heavy (non-hydrogen) atoms. The number of aliphatic hydroxyl groups is 1. The molecule has 1 atom stereocenters. The molecule has 1 aromatic rings. The van der Waals surface area contributed by atoms with Crippen molar-refractivity contribution in [3.8, 4) is 0 Å². The second-order valence-corrected chi connectivity index (χ2v) is 5.30. The van der Waals surface area contributed by atoms with Gasteiger partial charge in [0.1, 0.15) is 6.10 Å². The fourth-order valence-corrected chi connectivity index (χ4v) is 2.15. The van der Waals surface area contributed by atoms with Crippen molar-refractivity contribution in [1.82, 2.24) is 5.32 Å². The number of aryl methyl sites for hydroxylation is 1. The highest BCUT2D eigenvalue weighted by molar-refractivity contribution is 7.99. The minimum absolute atomic E-state index is 0.136. The summed E-state index contributed by atoms with van der Waals surface area (Å²) in [5, 5.41) is 11.6. The number of nitrogens with one attached hydrogen (secondary N) is 1. The Balaban J connectivity index is 2.20. The third-order valence-electron chi connectivity index (χ3n) is 2.44. The van der Waals surface area contributed by atoms with Crippen LogP contribution in [0.4, 0.5) is 0 Å². The molecule has 5 nitrogen and oxygen atoms in total. The molecule has 0 saturated heterocycles. The summed E-state index contributed by atoms with van der Waals surface area (Å²) in [5.74, 6) is -0.407. The van der Waals surface area contributed by atoms with Gasteiger partial charge in [-0.1, -0.05) is 17.7 Å². The lowest BCUT2D eigenvalue weighted by atomic mass is 10.2. The zero-order valence-electron chi connectivity index (χ0n) is 10.8. The van der Waals surface area contributed by atoms with E-state index >= 15 is 0 Å². The van der Waals surface area contributed by atoms with Crippen molar-refractivity contribution in [2.45, 2.75) is 24.3 Å². The second kappa shape index (κ2) is 7.81. The van der Waals surface area contributed by atoms with E-state index in [-0.39, 0.29) is 12.5 Å². The Bertz CT molecular complexity index is 434. The minimum Gasteiger partial charge on any atom is -0.381 e. The number of hydrogen-bond acceptors (Lipinski definition) is 4. The molecule has 1 aromatic carbocycles. The van der Waals surface area contributed by atoms with Crippen LogP contribution in [0.5, 0.6) is 0 Å². The molecule has 0 aliphatic carbocycles. The van der Waals surface area contributed by atoms with Crippen molar-refractivity contribution in [2.75, 3.05) is 12.3 Å². The Morgan fingerprint density at radius 2 is 2.00 bits per heavy atom. The molecule has 4 N–H and O–H groups in total. The number of hydrogen-bond donors (Lipinski definition) is 3. The first-order valence-corrected chi connectivity index (χ1v) is 6.91. The van der Waals surface area contributed by atoms with E-state index < -0.39 is 12.0 Å². The van der Waals surface area contributed by atoms with Crippen LogP contribution < -0.4 is 11.1 Å². The Morgan fingerprint density at radius 1 is 1.37 bits per heavy atom. The van der Waals surface area contributed by atoms with Crippen LogP contribution in [0.1, 0.15) is 12.0 Å². The van der Waals surface area contributed by atoms with E-state index in [2.05, 4.69) is 5.32 Å². The Labute approximate surface area is 116 Å². The molecule has 104 valence electrons. The maximum atomic E-state index is 11.4. The normalized spacial score (nSPS) is 11.9. The Hall–Kier alpha value is -1.53. The van der Waals surface area contributed by atoms with Gasteiger partial charge in [0.15, 0.2) is 0 Å². The van der Waals surface area contributed by atoms with Gasteiger partial charge in [-0.3, -0.25) is 9.59 Å². The first-order chi connectivity index (χ1) is 8.99. The van der Waals surface area contributed by atoms with Crippen molar-refractivity contribution >= 4 is 23.6 Å². The fourth-order valence-electron chi connectivity index (χ4n) is 1.30. The molecule has 0 fully saturated rings. The third kappa shape index (κ3) is 6.26. The molecule has 0 aliphatic rings. The van der Waals surface area contributed by atoms with Crippen LogP contribution in [0.2, 0.25) is 0 Å². The first kappa shape index (κ1) is 15.5. The number of amides is 2. The minimum atomic E-state index is -1.33. The number of nitrogens with two attached hydrogens (primary N) is 1. The summed E-state index contributed by atoms with van der Waals surface area (Å²) in [6.07, 6.45) is -1.00. The van der Waals surface area contributed by atoms with E-state index in [1.807, 2.05) is 31.2 Å². The molecular weight excluding hydrogens is 264 g/mol. The van der Waals surface area contributed by atoms with Crippen LogP contribution in [0.15, 0.2) is 29.2 Å². The Kier molecular flexibility index (Phi) is 6.38. The molecule has 0 saturated carbocycles. The van der Waals surface area contributed by atoms with Crippen molar-refractivity contribution < 1.29 is 14.7 Å². The largest absolute Gasteiger partial charge is 0.381 e. The standard InChI is InChI=1S/C13H18N2O3S/c1-9-2-4-10(5-3-9)19-7-6-12(17)15-8-11(16)13(14)18/h2-5,11,16H,6-8H2,1H3,(H2,14,18)(H,15,17). The summed E-state index contributed by atoms with van der Waals surface area (Å²) in [4.78, 5) is 23.1. The van der Waals surface area contributed by atoms with E-state index in [1.165, 1.54) is 5.56 Å². The number of aliphatic hydroxyl groups excluding tert-OH is 1. The smallest absolute Gasteiger partial charge is 0.248 e. The molecular formula is C13H18N2O3S. The van der Waals surface area contributed by atoms with E-state index in [0.717, 1.165) is 4.90 Å². The molecule has 1 rings (SSSR count). The van der Waals surface area contributed by atoms with Gasteiger partial charge in [-0.25, -0.2) is 0 Å². The second-order valence-electron chi connectivity index (χ2n) is 4.13. The van der Waals surface area contributed by atoms with Crippen LogP contribution in [-0.2, 0) is 9.59 Å². The number of rotatable bonds is 7. The first-order valence-electron chi connectivity index (χ1n) is 5.92. The molecule has 0 radical (unpaired) electrons. The molecule has 2 amide bonds. The molecule has 0 heterocycles. The van der Waals surface area contributed by atoms with Crippen LogP contribution >= 0.6 is 11.8 Å². The lowest BCUT2D eigenvalue weighted by Gasteiger charge is -2.08. The van der Waals surface area contributed by atoms with Gasteiger partial charge < -0.3 is 16.2 Å². The number of primary amides is 1. The molecule has 0 aromatic heterocycles. The van der Waals surface area contributed by atoms with Crippen LogP contribution in [0.25, 0.3) is 0 Å². The van der Waals surface area contributed by atoms with E-state index in [1.54, 1.807) is 11.8 Å². The fraction of sp³-hybridized carbons (Fsp3) is 0.385. The van der Waals surface area contributed by atoms with Gasteiger partial charge in [0, 0.05) is 17.1 Å². The summed E-state index contributed by atoms with van der Waals surface area (Å²) >= 11 is 1.58. The number of carbonyl (C=O) groups excluding carboxylic acids is 2. The van der Waals surface area contributed by atoms with Gasteiger partial charge >= 0.3 is 0 Å². The van der Waals surface area contributed by atoms with Gasteiger partial charge in [-0.15, -0.1) is 11.8 Å². The van der Waals surface area contributed by atoms with Crippen LogP contribution in [0, 0.1) is 6.92 Å². The number of carbonyl (C=O) groups is 2. The van der Waals surface area contributed by atoms with E-state index in [4.69, 9.17) is 10.8 Å². The topological polar surface area (TPSA) is 92.4 Å². The molecule has 0 bridgehead atoms. The highest BCUT2D eigenvalue weighted by Gasteiger charge is 2.11. The van der Waals surface area contributed by atoms with Gasteiger partial charge in [0.2, 0.25) is 11.8 Å². The van der Waals surface area contributed by atoms with Crippen molar-refractivity contribution in [3.63, 3.8) is 0 Å². The number of benzene rings is 1. The van der Waals surface area contributed by atoms with Crippen molar-refractivity contribution in [2.24, 2.45) is 5.73 Å². The van der Waals surface area contributed by atoms with Crippen LogP contribution in [-0.4, -0.2) is 35.3 Å². The Morgan fingerprint density at radius 3 is 2.58 bits per heavy atom. The predicted molar refractivity (Wildman–Crippen MR) is 74.7 cm³/mol. The zero-order valence-corrected chi connectivity index (χ0v) is 11.6. The van der Waals surface area contributed by atoms with Crippen molar-refractivity contribution in [3.05, 3.63) is 29.8 Å². The third-order valence-corrected chi connectivity index (χ3v) is 3.45. The predicted octanol–water partition coefficient (Wildman–Crippen LogP) is 0.440. The quantitative estimate of drug-likeness (QED) is 0.633. The monoisotopic (exact) mass is 282 g/mol. The average molecular weight is 282 g/mol. The maximum Gasteiger partial charge on any atom is 0.248 e. The molecule has 0 spiro atoms. The highest BCUT2D eigenvalue weighted by Crippen LogP contribution is 2.18. The summed E-state index contributed by atoms with van der Waals surface area (Å²) in [6, 6.07) is 8.06. The van der Waals surface area contributed by atoms with Gasteiger partial charge in [0.25, 0.3) is 0 Å². The van der Waals surface area contributed by atoms with Gasteiger partial charge in [0.05, 0.1) is 6.54 Å². The van der Waals surface area contributed by atoms with Crippen molar-refractivity contribution in [1.29, 1.82) is 0 Å². The van der Waals surface area contributed by atoms with E-state index in [9.17, 15) is 9.59 Å². The van der Waals surface area contributed by atoms with Crippen LogP contribution in [0.3, 0.4) is 0 Å². The number of thioether (sulfide) groups is 1. The lowest BCUT2D eigenvalue weighted by Crippen LogP contribution is -2.40. The van der Waals surface area contributed by atoms with Gasteiger partial charge in [-0.2, -0.15) is 0 Å². The summed E-state index contributed by atoms with van der Waals surface area (Å²) in [6.45, 7) is 1.88. The molecule has 6 heteroatoms. The summed E-state index contributed by atoms with van der Waals surface area (Å²) < 4.78 is 0.